The molecular formula is C17H21NO. The van der Waals surface area contributed by atoms with Gasteiger partial charge in [0.25, 0.3) is 0 Å². The number of rotatable bonds is 6. The molecule has 1 N–H and O–H groups in total. The second-order valence-corrected chi connectivity index (χ2v) is 4.54. The molecule has 1 unspecified atom stereocenters. The smallest absolute Gasteiger partial charge is 0.119 e. The van der Waals surface area contributed by atoms with Gasteiger partial charge < -0.3 is 10.1 Å². The topological polar surface area (TPSA) is 21.3 Å². The van der Waals surface area contributed by atoms with Gasteiger partial charge in [-0.1, -0.05) is 42.5 Å². The van der Waals surface area contributed by atoms with Crippen LogP contribution in [0, 0.1) is 0 Å². The Bertz CT molecular complexity index is 496. The fraction of sp³-hybridized carbons (Fsp3) is 0.294. The van der Waals surface area contributed by atoms with Crippen molar-refractivity contribution in [2.24, 2.45) is 0 Å². The zero-order valence-electron chi connectivity index (χ0n) is 11.6. The third-order valence-corrected chi connectivity index (χ3v) is 3.20. The summed E-state index contributed by atoms with van der Waals surface area (Å²) in [4.78, 5) is 0. The Morgan fingerprint density at radius 1 is 1.05 bits per heavy atom. The Labute approximate surface area is 115 Å². The van der Waals surface area contributed by atoms with Crippen molar-refractivity contribution in [2.75, 3.05) is 13.7 Å². The van der Waals surface area contributed by atoms with Crippen molar-refractivity contribution < 1.29 is 4.74 Å². The monoisotopic (exact) mass is 255 g/mol. The Morgan fingerprint density at radius 2 is 1.84 bits per heavy atom. The summed E-state index contributed by atoms with van der Waals surface area (Å²) in [5, 5.41) is 3.38. The quantitative estimate of drug-likeness (QED) is 0.851. The number of benzene rings is 2. The van der Waals surface area contributed by atoms with E-state index in [1.807, 2.05) is 26.1 Å². The predicted octanol–water partition coefficient (Wildman–Crippen LogP) is 3.59. The molecule has 2 rings (SSSR count). The normalized spacial score (nSPS) is 12.1. The second-order valence-electron chi connectivity index (χ2n) is 4.54. The van der Waals surface area contributed by atoms with Gasteiger partial charge in [-0.2, -0.15) is 0 Å². The van der Waals surface area contributed by atoms with Crippen LogP contribution in [-0.2, 0) is 6.42 Å². The third kappa shape index (κ3) is 3.83. The SMILES string of the molecule is CCOc1cccc(C(Cc2ccccc2)NC)c1. The first-order valence-electron chi connectivity index (χ1n) is 6.77. The summed E-state index contributed by atoms with van der Waals surface area (Å²) in [7, 11) is 2.00. The lowest BCUT2D eigenvalue weighted by atomic mass is 9.99. The molecule has 100 valence electrons. The molecule has 0 aromatic heterocycles. The van der Waals surface area contributed by atoms with E-state index in [1.54, 1.807) is 0 Å². The highest BCUT2D eigenvalue weighted by atomic mass is 16.5. The van der Waals surface area contributed by atoms with Crippen molar-refractivity contribution in [3.63, 3.8) is 0 Å². The van der Waals surface area contributed by atoms with Gasteiger partial charge in [-0.05, 0) is 43.7 Å². The summed E-state index contributed by atoms with van der Waals surface area (Å²) in [6, 6.07) is 19.2. The van der Waals surface area contributed by atoms with Crippen LogP contribution in [0.4, 0.5) is 0 Å². The van der Waals surface area contributed by atoms with Gasteiger partial charge in [-0.25, -0.2) is 0 Å². The largest absolute Gasteiger partial charge is 0.494 e. The first kappa shape index (κ1) is 13.6. The van der Waals surface area contributed by atoms with Crippen LogP contribution < -0.4 is 10.1 Å². The molecule has 2 heteroatoms. The van der Waals surface area contributed by atoms with Gasteiger partial charge in [0.15, 0.2) is 0 Å². The molecule has 0 bridgehead atoms. The van der Waals surface area contributed by atoms with Crippen LogP contribution in [0.15, 0.2) is 54.6 Å². The third-order valence-electron chi connectivity index (χ3n) is 3.20. The average Bonchev–Trinajstić information content (AvgIpc) is 2.46. The molecule has 0 radical (unpaired) electrons. The minimum atomic E-state index is 0.308. The van der Waals surface area contributed by atoms with E-state index in [-0.39, 0.29) is 0 Å². The first-order valence-corrected chi connectivity index (χ1v) is 6.77. The fourth-order valence-electron chi connectivity index (χ4n) is 2.22. The molecule has 0 saturated carbocycles. The number of ether oxygens (including phenoxy) is 1. The zero-order chi connectivity index (χ0) is 13.5. The molecule has 19 heavy (non-hydrogen) atoms. The number of likely N-dealkylation sites (N-methyl/N-ethyl adjacent to an activating group) is 1. The van der Waals surface area contributed by atoms with Gasteiger partial charge >= 0.3 is 0 Å². The maximum atomic E-state index is 5.56. The van der Waals surface area contributed by atoms with Crippen LogP contribution in [0.25, 0.3) is 0 Å². The van der Waals surface area contributed by atoms with E-state index < -0.39 is 0 Å². The Morgan fingerprint density at radius 3 is 2.53 bits per heavy atom. The van der Waals surface area contributed by atoms with Gasteiger partial charge in [-0.3, -0.25) is 0 Å². The predicted molar refractivity (Wildman–Crippen MR) is 79.6 cm³/mol. The molecule has 1 atom stereocenters. The van der Waals surface area contributed by atoms with Crippen LogP contribution in [0.2, 0.25) is 0 Å². The van der Waals surface area contributed by atoms with E-state index in [4.69, 9.17) is 4.74 Å². The van der Waals surface area contributed by atoms with Crippen molar-refractivity contribution in [3.05, 3.63) is 65.7 Å². The number of hydrogen-bond acceptors (Lipinski definition) is 2. The number of nitrogens with one attached hydrogen (secondary N) is 1. The molecule has 0 spiro atoms. The second kappa shape index (κ2) is 6.95. The van der Waals surface area contributed by atoms with Crippen LogP contribution in [0.3, 0.4) is 0 Å². The molecule has 0 aliphatic rings. The molecule has 2 nitrogen and oxygen atoms in total. The maximum Gasteiger partial charge on any atom is 0.119 e. The fourth-order valence-corrected chi connectivity index (χ4v) is 2.22. The molecule has 2 aromatic carbocycles. The lowest BCUT2D eigenvalue weighted by Gasteiger charge is -2.17. The first-order chi connectivity index (χ1) is 9.33. The minimum absolute atomic E-state index is 0.308. The molecule has 0 amide bonds. The Hall–Kier alpha value is -1.80. The van der Waals surface area contributed by atoms with Crippen molar-refractivity contribution in [1.29, 1.82) is 0 Å². The van der Waals surface area contributed by atoms with Gasteiger partial charge in [0.2, 0.25) is 0 Å². The van der Waals surface area contributed by atoms with E-state index in [0.717, 1.165) is 12.2 Å². The summed E-state index contributed by atoms with van der Waals surface area (Å²) < 4.78 is 5.56. The maximum absolute atomic E-state index is 5.56. The minimum Gasteiger partial charge on any atom is -0.494 e. The average molecular weight is 255 g/mol. The van der Waals surface area contributed by atoms with Crippen LogP contribution in [0.1, 0.15) is 24.1 Å². The van der Waals surface area contributed by atoms with Gasteiger partial charge in [0.1, 0.15) is 5.75 Å². The zero-order valence-corrected chi connectivity index (χ0v) is 11.6. The van der Waals surface area contributed by atoms with Crippen molar-refractivity contribution >= 4 is 0 Å². The molecule has 0 aliphatic heterocycles. The summed E-state index contributed by atoms with van der Waals surface area (Å²) in [6.07, 6.45) is 0.979. The van der Waals surface area contributed by atoms with E-state index in [0.29, 0.717) is 12.6 Å². The highest BCUT2D eigenvalue weighted by molar-refractivity contribution is 5.32. The van der Waals surface area contributed by atoms with Crippen LogP contribution in [0.5, 0.6) is 5.75 Å². The standard InChI is InChI=1S/C17H21NO/c1-3-19-16-11-7-10-15(13-16)17(18-2)12-14-8-5-4-6-9-14/h4-11,13,17-18H,3,12H2,1-2H3. The molecular weight excluding hydrogens is 234 g/mol. The van der Waals surface area contributed by atoms with Gasteiger partial charge in [0.05, 0.1) is 6.61 Å². The van der Waals surface area contributed by atoms with E-state index in [1.165, 1.54) is 11.1 Å². The number of hydrogen-bond donors (Lipinski definition) is 1. The van der Waals surface area contributed by atoms with Gasteiger partial charge in [-0.15, -0.1) is 0 Å². The molecule has 2 aromatic rings. The highest BCUT2D eigenvalue weighted by Crippen LogP contribution is 2.22. The van der Waals surface area contributed by atoms with E-state index >= 15 is 0 Å². The van der Waals surface area contributed by atoms with Crippen molar-refractivity contribution in [3.8, 4) is 5.75 Å². The van der Waals surface area contributed by atoms with Crippen LogP contribution >= 0.6 is 0 Å². The van der Waals surface area contributed by atoms with Crippen LogP contribution in [-0.4, -0.2) is 13.7 Å². The summed E-state index contributed by atoms with van der Waals surface area (Å²) >= 11 is 0. The summed E-state index contributed by atoms with van der Waals surface area (Å²) in [5.74, 6) is 0.938. The highest BCUT2D eigenvalue weighted by Gasteiger charge is 2.10. The Kier molecular flexibility index (Phi) is 4.99. The molecule has 0 saturated heterocycles. The van der Waals surface area contributed by atoms with E-state index in [9.17, 15) is 0 Å². The molecule has 0 fully saturated rings. The molecule has 0 heterocycles. The van der Waals surface area contributed by atoms with Crippen molar-refractivity contribution in [2.45, 2.75) is 19.4 Å². The lowest BCUT2D eigenvalue weighted by Crippen LogP contribution is -2.18. The van der Waals surface area contributed by atoms with Crippen molar-refractivity contribution in [1.82, 2.24) is 5.32 Å². The lowest BCUT2D eigenvalue weighted by molar-refractivity contribution is 0.339. The summed E-state index contributed by atoms with van der Waals surface area (Å²) in [6.45, 7) is 2.71. The van der Waals surface area contributed by atoms with E-state index in [2.05, 4.69) is 47.8 Å². The van der Waals surface area contributed by atoms with Gasteiger partial charge in [0, 0.05) is 6.04 Å². The summed E-state index contributed by atoms with van der Waals surface area (Å²) in [5.41, 5.74) is 2.60. The Balaban J connectivity index is 2.15. The molecule has 0 aliphatic carbocycles.